The summed E-state index contributed by atoms with van der Waals surface area (Å²) < 4.78 is 5.30. The van der Waals surface area contributed by atoms with Crippen LogP contribution < -0.4 is 15.4 Å². The summed E-state index contributed by atoms with van der Waals surface area (Å²) in [5, 5.41) is 3.32. The van der Waals surface area contributed by atoms with Crippen molar-refractivity contribution < 1.29 is 9.53 Å². The molecule has 24 heavy (non-hydrogen) atoms. The van der Waals surface area contributed by atoms with Crippen molar-refractivity contribution in [1.29, 1.82) is 0 Å². The molecule has 2 heterocycles. The minimum absolute atomic E-state index is 0.0882. The Morgan fingerprint density at radius 1 is 1.33 bits per heavy atom. The first-order valence-corrected chi connectivity index (χ1v) is 8.92. The number of hydrogen-bond acceptors (Lipinski definition) is 6. The molecule has 1 aliphatic rings. The fraction of sp³-hybridized carbons (Fsp3) is 0.375. The van der Waals surface area contributed by atoms with E-state index < -0.39 is 0 Å². The molecule has 1 amide bonds. The SMILES string of the molecule is COc1cc(N)c(Cl)cc1C(=O)N1CCCN(c2nccs2)CC1. The Balaban J connectivity index is 1.77. The van der Waals surface area contributed by atoms with Gasteiger partial charge in [-0.15, -0.1) is 11.3 Å². The first kappa shape index (κ1) is 16.9. The van der Waals surface area contributed by atoms with Crippen molar-refractivity contribution in [1.82, 2.24) is 9.88 Å². The van der Waals surface area contributed by atoms with Crippen molar-refractivity contribution in [3.63, 3.8) is 0 Å². The number of aromatic nitrogens is 1. The van der Waals surface area contributed by atoms with E-state index in [0.717, 1.165) is 24.6 Å². The summed E-state index contributed by atoms with van der Waals surface area (Å²) >= 11 is 7.70. The van der Waals surface area contributed by atoms with Gasteiger partial charge in [0.25, 0.3) is 5.91 Å². The number of nitrogens with zero attached hydrogens (tertiary/aromatic N) is 3. The molecule has 0 radical (unpaired) electrons. The molecule has 128 valence electrons. The molecule has 0 spiro atoms. The number of rotatable bonds is 3. The Morgan fingerprint density at radius 2 is 2.17 bits per heavy atom. The van der Waals surface area contributed by atoms with Gasteiger partial charge in [0.05, 0.1) is 23.4 Å². The Labute approximate surface area is 149 Å². The maximum Gasteiger partial charge on any atom is 0.257 e. The number of halogens is 1. The lowest BCUT2D eigenvalue weighted by atomic mass is 10.1. The number of amides is 1. The van der Waals surface area contributed by atoms with E-state index in [2.05, 4.69) is 9.88 Å². The van der Waals surface area contributed by atoms with Crippen molar-refractivity contribution in [3.05, 3.63) is 34.3 Å². The zero-order valence-electron chi connectivity index (χ0n) is 13.4. The quantitative estimate of drug-likeness (QED) is 0.845. The average Bonchev–Trinajstić information content (AvgIpc) is 3.01. The van der Waals surface area contributed by atoms with Gasteiger partial charge in [-0.2, -0.15) is 0 Å². The second-order valence-corrected chi connectivity index (χ2v) is 6.80. The number of anilines is 2. The van der Waals surface area contributed by atoms with E-state index in [9.17, 15) is 4.79 Å². The predicted octanol–water partition coefficient (Wildman–Crippen LogP) is 2.74. The third-order valence-corrected chi connectivity index (χ3v) is 5.18. The van der Waals surface area contributed by atoms with Crippen LogP contribution in [0.1, 0.15) is 16.8 Å². The summed E-state index contributed by atoms with van der Waals surface area (Å²) in [5.74, 6) is 0.359. The summed E-state index contributed by atoms with van der Waals surface area (Å²) in [6.07, 6.45) is 2.69. The molecule has 6 nitrogen and oxygen atoms in total. The summed E-state index contributed by atoms with van der Waals surface area (Å²) in [7, 11) is 1.52. The van der Waals surface area contributed by atoms with E-state index in [1.807, 2.05) is 10.3 Å². The maximum atomic E-state index is 12.9. The molecule has 0 saturated carbocycles. The number of carbonyl (C=O) groups excluding carboxylic acids is 1. The van der Waals surface area contributed by atoms with Crippen molar-refractivity contribution in [3.8, 4) is 5.75 Å². The third kappa shape index (κ3) is 3.42. The number of ether oxygens (including phenoxy) is 1. The number of benzene rings is 1. The first-order valence-electron chi connectivity index (χ1n) is 7.67. The predicted molar refractivity (Wildman–Crippen MR) is 97.3 cm³/mol. The van der Waals surface area contributed by atoms with Crippen molar-refractivity contribution in [2.45, 2.75) is 6.42 Å². The van der Waals surface area contributed by atoms with E-state index >= 15 is 0 Å². The Kier molecular flexibility index (Phi) is 5.11. The largest absolute Gasteiger partial charge is 0.496 e. The summed E-state index contributed by atoms with van der Waals surface area (Å²) in [4.78, 5) is 21.3. The first-order chi connectivity index (χ1) is 11.6. The van der Waals surface area contributed by atoms with Crippen molar-refractivity contribution >= 4 is 39.7 Å². The van der Waals surface area contributed by atoms with Crippen LogP contribution in [-0.2, 0) is 0 Å². The van der Waals surface area contributed by atoms with E-state index in [1.54, 1.807) is 29.7 Å². The van der Waals surface area contributed by atoms with E-state index in [4.69, 9.17) is 22.1 Å². The zero-order valence-corrected chi connectivity index (χ0v) is 14.9. The monoisotopic (exact) mass is 366 g/mol. The van der Waals surface area contributed by atoms with E-state index in [1.165, 1.54) is 7.11 Å². The van der Waals surface area contributed by atoms with Gasteiger partial charge in [-0.05, 0) is 12.5 Å². The molecular weight excluding hydrogens is 348 g/mol. The minimum Gasteiger partial charge on any atom is -0.496 e. The Morgan fingerprint density at radius 3 is 2.88 bits per heavy atom. The highest BCUT2D eigenvalue weighted by Gasteiger charge is 2.24. The van der Waals surface area contributed by atoms with Gasteiger partial charge in [-0.25, -0.2) is 4.98 Å². The van der Waals surface area contributed by atoms with Crippen LogP contribution >= 0.6 is 22.9 Å². The number of nitrogen functional groups attached to an aromatic ring is 1. The molecule has 0 unspecified atom stereocenters. The molecule has 0 atom stereocenters. The molecule has 1 aromatic carbocycles. The highest BCUT2D eigenvalue weighted by Crippen LogP contribution is 2.30. The fourth-order valence-corrected chi connectivity index (χ4v) is 3.62. The van der Waals surface area contributed by atoms with Gasteiger partial charge in [-0.3, -0.25) is 4.79 Å². The molecule has 1 saturated heterocycles. The minimum atomic E-state index is -0.0882. The van der Waals surface area contributed by atoms with Crippen LogP contribution in [0, 0.1) is 0 Å². The van der Waals surface area contributed by atoms with Crippen molar-refractivity contribution in [2.75, 3.05) is 43.9 Å². The van der Waals surface area contributed by atoms with Gasteiger partial charge in [0.15, 0.2) is 5.13 Å². The lowest BCUT2D eigenvalue weighted by molar-refractivity contribution is 0.0763. The van der Waals surface area contributed by atoms with Crippen LogP contribution in [0.5, 0.6) is 5.75 Å². The van der Waals surface area contributed by atoms with Crippen LogP contribution in [0.2, 0.25) is 5.02 Å². The Hall–Kier alpha value is -1.99. The average molecular weight is 367 g/mol. The highest BCUT2D eigenvalue weighted by atomic mass is 35.5. The molecule has 1 fully saturated rings. The number of thiazole rings is 1. The fourth-order valence-electron chi connectivity index (χ4n) is 2.76. The lowest BCUT2D eigenvalue weighted by Gasteiger charge is -2.22. The maximum absolute atomic E-state index is 12.9. The topological polar surface area (TPSA) is 71.7 Å². The summed E-state index contributed by atoms with van der Waals surface area (Å²) in [6.45, 7) is 2.95. The van der Waals surface area contributed by atoms with Gasteiger partial charge in [0.2, 0.25) is 0 Å². The zero-order chi connectivity index (χ0) is 17.1. The molecule has 1 aromatic heterocycles. The molecule has 8 heteroatoms. The van der Waals surface area contributed by atoms with Crippen LogP contribution in [0.25, 0.3) is 0 Å². The molecule has 0 aliphatic carbocycles. The number of methoxy groups -OCH3 is 1. The van der Waals surface area contributed by atoms with E-state index in [-0.39, 0.29) is 5.91 Å². The van der Waals surface area contributed by atoms with Gasteiger partial charge in [0.1, 0.15) is 5.75 Å². The Bertz CT molecular complexity index is 723. The van der Waals surface area contributed by atoms with Crippen LogP contribution in [-0.4, -0.2) is 49.1 Å². The molecule has 3 rings (SSSR count). The van der Waals surface area contributed by atoms with Gasteiger partial charge in [-0.1, -0.05) is 11.6 Å². The van der Waals surface area contributed by atoms with Crippen LogP contribution in [0.4, 0.5) is 10.8 Å². The second kappa shape index (κ2) is 7.27. The summed E-state index contributed by atoms with van der Waals surface area (Å²) in [6, 6.07) is 3.18. The van der Waals surface area contributed by atoms with Gasteiger partial charge >= 0.3 is 0 Å². The van der Waals surface area contributed by atoms with E-state index in [0.29, 0.717) is 35.1 Å². The molecular formula is C16H19ClN4O2S. The van der Waals surface area contributed by atoms with Crippen LogP contribution in [0.15, 0.2) is 23.7 Å². The van der Waals surface area contributed by atoms with Crippen molar-refractivity contribution in [2.24, 2.45) is 0 Å². The number of hydrogen-bond donors (Lipinski definition) is 1. The number of carbonyl (C=O) groups is 1. The lowest BCUT2D eigenvalue weighted by Crippen LogP contribution is -2.35. The molecule has 2 aromatic rings. The van der Waals surface area contributed by atoms with Gasteiger partial charge < -0.3 is 20.3 Å². The number of nitrogens with two attached hydrogens (primary N) is 1. The third-order valence-electron chi connectivity index (χ3n) is 4.02. The van der Waals surface area contributed by atoms with Gasteiger partial charge in [0, 0.05) is 43.8 Å². The molecule has 1 aliphatic heterocycles. The molecule has 2 N–H and O–H groups in total. The smallest absolute Gasteiger partial charge is 0.257 e. The second-order valence-electron chi connectivity index (χ2n) is 5.52. The standard InChI is InChI=1S/C16H19ClN4O2S/c1-23-14-10-13(18)12(17)9-11(14)15(22)20-4-2-5-21(7-6-20)16-19-3-8-24-16/h3,8-10H,2,4-7,18H2,1H3. The highest BCUT2D eigenvalue weighted by molar-refractivity contribution is 7.13. The normalized spacial score (nSPS) is 15.2. The molecule has 0 bridgehead atoms. The van der Waals surface area contributed by atoms with Crippen LogP contribution in [0.3, 0.4) is 0 Å². The summed E-state index contributed by atoms with van der Waals surface area (Å²) in [5.41, 5.74) is 6.63.